The molecule has 1 aliphatic rings. The van der Waals surface area contributed by atoms with Crippen molar-refractivity contribution in [2.75, 3.05) is 17.4 Å². The molecule has 3 aromatic rings. The Morgan fingerprint density at radius 1 is 1.02 bits per heavy atom. The maximum atomic E-state index is 13.8. The predicted molar refractivity (Wildman–Crippen MR) is 142 cm³/mol. The number of fused-ring (bicyclic) bond motifs is 1. The topological polar surface area (TPSA) is 113 Å². The molecule has 4 rings (SSSR count). The highest BCUT2D eigenvalue weighted by molar-refractivity contribution is 7.92. The van der Waals surface area contributed by atoms with Crippen LogP contribution in [-0.2, 0) is 25.8 Å². The summed E-state index contributed by atoms with van der Waals surface area (Å²) in [6.07, 6.45) is -5.82. The van der Waals surface area contributed by atoms with Crippen LogP contribution in [0, 0.1) is 0 Å². The van der Waals surface area contributed by atoms with Crippen molar-refractivity contribution in [1.29, 1.82) is 0 Å². The molecule has 1 atom stereocenters. The number of halogens is 4. The number of hydrogen-bond donors (Lipinski definition) is 2. The number of hydrogen-bond acceptors (Lipinski definition) is 5. The van der Waals surface area contributed by atoms with Crippen molar-refractivity contribution in [3.8, 4) is 16.9 Å². The predicted octanol–water partition coefficient (Wildman–Crippen LogP) is 5.35. The molecule has 0 radical (unpaired) electrons. The number of carboxylic acid groups (broad SMARTS) is 1. The number of carboxylic acids is 1. The second-order valence-corrected chi connectivity index (χ2v) is 11.3. The van der Waals surface area contributed by atoms with Crippen LogP contribution in [0.4, 0.5) is 18.9 Å². The Bertz CT molecular complexity index is 1530. The van der Waals surface area contributed by atoms with E-state index in [1.165, 1.54) is 0 Å². The van der Waals surface area contributed by atoms with E-state index >= 15 is 0 Å². The summed E-state index contributed by atoms with van der Waals surface area (Å²) in [5.74, 6) is -1.34. The minimum Gasteiger partial charge on any atom is -0.486 e. The van der Waals surface area contributed by atoms with E-state index in [0.717, 1.165) is 22.5 Å². The molecule has 0 bridgehead atoms. The van der Waals surface area contributed by atoms with Gasteiger partial charge in [0.15, 0.2) is 0 Å². The van der Waals surface area contributed by atoms with Gasteiger partial charge >= 0.3 is 12.1 Å². The van der Waals surface area contributed by atoms with Gasteiger partial charge in [0.25, 0.3) is 10.0 Å². The molecule has 1 amide bonds. The third-order valence-electron chi connectivity index (χ3n) is 6.15. The lowest BCUT2D eigenvalue weighted by Gasteiger charge is -2.36. The van der Waals surface area contributed by atoms with Crippen LogP contribution in [0.2, 0.25) is 5.02 Å². The van der Waals surface area contributed by atoms with Gasteiger partial charge in [-0.3, -0.25) is 13.9 Å². The number of anilines is 1. The number of rotatable bonds is 9. The molecule has 0 spiro atoms. The Balaban J connectivity index is 1.68. The summed E-state index contributed by atoms with van der Waals surface area (Å²) in [5, 5.41) is 11.6. The Labute approximate surface area is 233 Å². The van der Waals surface area contributed by atoms with E-state index in [4.69, 9.17) is 21.4 Å². The molecule has 0 aliphatic carbocycles. The number of sulfonamides is 1. The first kappa shape index (κ1) is 29.2. The summed E-state index contributed by atoms with van der Waals surface area (Å²) >= 11 is 6.11. The minimum absolute atomic E-state index is 0.0646. The molecule has 0 aromatic heterocycles. The van der Waals surface area contributed by atoms with Crippen LogP contribution >= 0.6 is 11.6 Å². The molecule has 212 valence electrons. The Kier molecular flexibility index (Phi) is 8.59. The normalized spacial score (nSPS) is 15.2. The summed E-state index contributed by atoms with van der Waals surface area (Å²) < 4.78 is 74.6. The number of benzene rings is 3. The number of amides is 1. The Morgan fingerprint density at radius 3 is 2.45 bits per heavy atom. The zero-order chi connectivity index (χ0) is 29.1. The fraction of sp³-hybridized carbons (Fsp3) is 0.259. The van der Waals surface area contributed by atoms with Gasteiger partial charge in [0.1, 0.15) is 11.9 Å². The summed E-state index contributed by atoms with van der Waals surface area (Å²) in [6.45, 7) is -0.335. The van der Waals surface area contributed by atoms with Crippen molar-refractivity contribution in [2.24, 2.45) is 0 Å². The molecular formula is C27H24ClF3N2O6S. The molecule has 40 heavy (non-hydrogen) atoms. The third kappa shape index (κ3) is 6.86. The summed E-state index contributed by atoms with van der Waals surface area (Å²) in [6, 6.07) is 15.1. The first-order chi connectivity index (χ1) is 18.8. The second-order valence-electron chi connectivity index (χ2n) is 9.03. The van der Waals surface area contributed by atoms with Gasteiger partial charge in [-0.05, 0) is 60.0 Å². The summed E-state index contributed by atoms with van der Waals surface area (Å²) in [5.41, 5.74) is 0.304. The van der Waals surface area contributed by atoms with Crippen LogP contribution in [0.3, 0.4) is 0 Å². The van der Waals surface area contributed by atoms with Gasteiger partial charge in [-0.25, -0.2) is 8.42 Å². The number of nitrogens with zero attached hydrogens (tertiary/aromatic N) is 1. The SMILES string of the molecule is O=C(O)CCNC(=O)CC[C@H]1CN(S(=O)(=O)c2cccc(C(F)(F)F)c2)c2cc(-c3cccc(Cl)c3)ccc2O1. The highest BCUT2D eigenvalue weighted by atomic mass is 35.5. The largest absolute Gasteiger partial charge is 0.486 e. The van der Waals surface area contributed by atoms with E-state index in [2.05, 4.69) is 5.32 Å². The number of aliphatic carboxylic acids is 1. The van der Waals surface area contributed by atoms with Crippen LogP contribution in [0.25, 0.3) is 11.1 Å². The monoisotopic (exact) mass is 596 g/mol. The maximum Gasteiger partial charge on any atom is 0.416 e. The minimum atomic E-state index is -4.75. The molecule has 1 aliphatic heterocycles. The van der Waals surface area contributed by atoms with Gasteiger partial charge in [0.05, 0.1) is 29.1 Å². The van der Waals surface area contributed by atoms with Gasteiger partial charge in [0, 0.05) is 18.0 Å². The number of carbonyl (C=O) groups excluding carboxylic acids is 1. The summed E-state index contributed by atoms with van der Waals surface area (Å²) in [4.78, 5) is 22.3. The standard InChI is InChI=1S/C27H24ClF3N2O6S/c28-20-5-1-3-17(13-20)18-7-9-24-23(14-18)33(16-21(39-24)8-10-25(34)32-12-11-26(35)36)40(37,38)22-6-2-4-19(15-22)27(29,30)31/h1-7,9,13-15,21H,8,10-12,16H2,(H,32,34)(H,35,36)/t21-/m0/s1. The molecule has 13 heteroatoms. The van der Waals surface area contributed by atoms with E-state index in [1.807, 2.05) is 0 Å². The fourth-order valence-electron chi connectivity index (χ4n) is 4.19. The van der Waals surface area contributed by atoms with Gasteiger partial charge in [0.2, 0.25) is 5.91 Å². The van der Waals surface area contributed by atoms with Crippen LogP contribution in [0.5, 0.6) is 5.75 Å². The number of carbonyl (C=O) groups is 2. The zero-order valence-corrected chi connectivity index (χ0v) is 22.4. The van der Waals surface area contributed by atoms with Crippen molar-refractivity contribution < 1.29 is 41.0 Å². The number of alkyl halides is 3. The van der Waals surface area contributed by atoms with Crippen molar-refractivity contribution in [3.63, 3.8) is 0 Å². The third-order valence-corrected chi connectivity index (χ3v) is 8.16. The second kappa shape index (κ2) is 11.8. The lowest BCUT2D eigenvalue weighted by Crippen LogP contribution is -2.44. The summed E-state index contributed by atoms with van der Waals surface area (Å²) in [7, 11) is -4.50. The first-order valence-corrected chi connectivity index (χ1v) is 13.9. The molecule has 2 N–H and O–H groups in total. The molecule has 8 nitrogen and oxygen atoms in total. The van der Waals surface area contributed by atoms with E-state index in [0.29, 0.717) is 22.2 Å². The molecule has 3 aromatic carbocycles. The van der Waals surface area contributed by atoms with Crippen LogP contribution in [0.1, 0.15) is 24.8 Å². The quantitative estimate of drug-likeness (QED) is 0.344. The zero-order valence-electron chi connectivity index (χ0n) is 20.8. The Morgan fingerprint density at radius 2 is 1.75 bits per heavy atom. The van der Waals surface area contributed by atoms with Crippen molar-refractivity contribution in [1.82, 2.24) is 5.32 Å². The van der Waals surface area contributed by atoms with E-state index in [-0.39, 0.29) is 43.8 Å². The molecular weight excluding hydrogens is 573 g/mol. The van der Waals surface area contributed by atoms with Crippen LogP contribution in [-0.4, -0.2) is 44.6 Å². The van der Waals surface area contributed by atoms with Gasteiger partial charge < -0.3 is 15.2 Å². The van der Waals surface area contributed by atoms with E-state index in [9.17, 15) is 31.2 Å². The van der Waals surface area contributed by atoms with Gasteiger partial charge in [-0.1, -0.05) is 35.9 Å². The highest BCUT2D eigenvalue weighted by Gasteiger charge is 2.37. The Hall–Kier alpha value is -3.77. The van der Waals surface area contributed by atoms with Crippen LogP contribution in [0.15, 0.2) is 71.6 Å². The number of ether oxygens (including phenoxy) is 1. The molecule has 0 saturated carbocycles. The first-order valence-electron chi connectivity index (χ1n) is 12.1. The molecule has 0 fully saturated rings. The molecule has 1 heterocycles. The average molecular weight is 597 g/mol. The molecule has 0 unspecified atom stereocenters. The van der Waals surface area contributed by atoms with Crippen molar-refractivity contribution in [2.45, 2.75) is 36.4 Å². The van der Waals surface area contributed by atoms with Crippen molar-refractivity contribution >= 4 is 39.2 Å². The van der Waals surface area contributed by atoms with Crippen molar-refractivity contribution in [3.05, 3.63) is 77.3 Å². The fourth-order valence-corrected chi connectivity index (χ4v) is 5.92. The van der Waals surface area contributed by atoms with E-state index < -0.39 is 44.6 Å². The van der Waals surface area contributed by atoms with Gasteiger partial charge in [-0.2, -0.15) is 13.2 Å². The molecule has 0 saturated heterocycles. The lowest BCUT2D eigenvalue weighted by atomic mass is 10.0. The highest BCUT2D eigenvalue weighted by Crippen LogP contribution is 2.41. The lowest BCUT2D eigenvalue weighted by molar-refractivity contribution is -0.138. The number of nitrogens with one attached hydrogen (secondary N) is 1. The average Bonchev–Trinajstić information content (AvgIpc) is 2.90. The maximum absolute atomic E-state index is 13.8. The van der Waals surface area contributed by atoms with E-state index in [1.54, 1.807) is 42.5 Å². The smallest absolute Gasteiger partial charge is 0.416 e. The van der Waals surface area contributed by atoms with Gasteiger partial charge in [-0.15, -0.1) is 0 Å². The van der Waals surface area contributed by atoms with Crippen LogP contribution < -0.4 is 14.4 Å².